The van der Waals surface area contributed by atoms with Crippen molar-refractivity contribution in [1.82, 2.24) is 0 Å². The molecule has 22 heteroatoms. The zero-order valence-electron chi connectivity index (χ0n) is 39.9. The van der Waals surface area contributed by atoms with Crippen LogP contribution in [0.4, 0.5) is 35.1 Å². The SMILES string of the molecule is C#Cc1cccc(Oc2c(F)c(F)c(-c3c(F)c(F)c(Sc4ccc(Sc5ccc(Sc6ccc(S(=O)(=O)c7ccc(Sc8ccc(Sc9ccc(SC)cc9)cc8)c(S(=O)(=O)O)c7)cc6)cc5)cc4)c(F)c3F)c(F)c2F)c1. The fourth-order valence-corrected chi connectivity index (χ4v) is 14.3. The van der Waals surface area contributed by atoms with Crippen molar-refractivity contribution in [2.45, 2.75) is 68.5 Å². The van der Waals surface area contributed by atoms with Crippen LogP contribution in [0.3, 0.4) is 0 Å². The van der Waals surface area contributed by atoms with Gasteiger partial charge in [-0.15, -0.1) is 18.2 Å². The normalized spacial score (nSPS) is 11.7. The molecule has 0 aliphatic carbocycles. The van der Waals surface area contributed by atoms with Gasteiger partial charge in [-0.3, -0.25) is 4.55 Å². The summed E-state index contributed by atoms with van der Waals surface area (Å²) in [7, 11) is -9.09. The largest absolute Gasteiger partial charge is 0.451 e. The quantitative estimate of drug-likeness (QED) is 0.0309. The zero-order chi connectivity index (χ0) is 56.3. The summed E-state index contributed by atoms with van der Waals surface area (Å²) in [5, 5.41) is 0. The molecule has 79 heavy (non-hydrogen) atoms. The first-order chi connectivity index (χ1) is 37.7. The van der Waals surface area contributed by atoms with Gasteiger partial charge >= 0.3 is 0 Å². The van der Waals surface area contributed by atoms with Crippen molar-refractivity contribution in [2.24, 2.45) is 0 Å². The Hall–Kier alpha value is -6.26. The minimum absolute atomic E-state index is 0.0840. The van der Waals surface area contributed by atoms with Crippen LogP contribution in [0, 0.1) is 58.9 Å². The Bertz CT molecular complexity index is 4020. The van der Waals surface area contributed by atoms with E-state index in [0.29, 0.717) is 14.7 Å². The molecule has 0 saturated heterocycles. The summed E-state index contributed by atoms with van der Waals surface area (Å²) < 4.78 is 191. The summed E-state index contributed by atoms with van der Waals surface area (Å²) in [5.74, 6) is -17.9. The summed E-state index contributed by atoms with van der Waals surface area (Å²) in [6.07, 6.45) is 7.28. The van der Waals surface area contributed by atoms with E-state index >= 15 is 35.1 Å². The molecule has 0 radical (unpaired) electrons. The average molecular weight is 1220 g/mol. The Morgan fingerprint density at radius 1 is 0.443 bits per heavy atom. The first-order valence-electron chi connectivity index (χ1n) is 22.5. The lowest BCUT2D eigenvalue weighted by molar-refractivity contribution is 0.366. The van der Waals surface area contributed by atoms with Crippen molar-refractivity contribution in [2.75, 3.05) is 6.26 Å². The number of terminal acetylenes is 1. The minimum atomic E-state index is -4.85. The number of thioether (sulfide) groups is 1. The monoisotopic (exact) mass is 1220 g/mol. The third kappa shape index (κ3) is 12.9. The van der Waals surface area contributed by atoms with Crippen molar-refractivity contribution in [3.8, 4) is 35.0 Å². The van der Waals surface area contributed by atoms with E-state index in [1.807, 2.05) is 42.7 Å². The Labute approximate surface area is 473 Å². The second-order valence-corrected chi connectivity index (χ2v) is 26.2. The molecule has 400 valence electrons. The maximum atomic E-state index is 15.5. The molecule has 0 bridgehead atoms. The number of rotatable bonds is 17. The van der Waals surface area contributed by atoms with Crippen LogP contribution in [0.25, 0.3) is 11.1 Å². The van der Waals surface area contributed by atoms with Crippen molar-refractivity contribution in [3.05, 3.63) is 216 Å². The van der Waals surface area contributed by atoms with Crippen LogP contribution in [0.5, 0.6) is 11.5 Å². The maximum absolute atomic E-state index is 15.5. The third-order valence-electron chi connectivity index (χ3n) is 11.2. The molecule has 0 fully saturated rings. The molecule has 9 aromatic carbocycles. The fraction of sp³-hybridized carbons (Fsp3) is 0.0175. The molecule has 9 aromatic rings. The topological polar surface area (TPSA) is 97.7 Å². The van der Waals surface area contributed by atoms with Crippen molar-refractivity contribution in [1.29, 1.82) is 0 Å². The van der Waals surface area contributed by atoms with Crippen LogP contribution in [-0.2, 0) is 20.0 Å². The number of sulfone groups is 1. The highest BCUT2D eigenvalue weighted by Crippen LogP contribution is 2.45. The van der Waals surface area contributed by atoms with Gasteiger partial charge in [-0.1, -0.05) is 70.8 Å². The standard InChI is InChI=1S/C57H32F8O6S8/c1-3-31-5-4-6-32(29-31)71-56-52(62)48(58)46(49(59)53(56)63)47-50(60)54(64)57(55(65)51(47)61)77-41-21-17-38(18-22-41)74-35-11-13-36(14-12-35)75-39-23-25-42(26-24-39)78(66,67)43-27-28-44(45(30-43)79(68,69)70)76-40-19-15-37(16-20-40)73-34-9-7-33(72-2)8-10-34/h1,4-30H,2H3,(H,68,69,70). The Balaban J connectivity index is 0.826. The minimum Gasteiger partial charge on any atom is -0.451 e. The van der Waals surface area contributed by atoms with E-state index in [-0.39, 0.29) is 42.7 Å². The molecule has 0 spiro atoms. The highest BCUT2D eigenvalue weighted by Gasteiger charge is 2.35. The number of halogens is 8. The summed E-state index contributed by atoms with van der Waals surface area (Å²) >= 11 is 7.11. The third-order valence-corrected chi connectivity index (χ3v) is 20.0. The van der Waals surface area contributed by atoms with Crippen LogP contribution < -0.4 is 4.74 Å². The second-order valence-electron chi connectivity index (χ2n) is 16.4. The molecule has 0 aromatic heterocycles. The van der Waals surface area contributed by atoms with E-state index in [2.05, 4.69) is 5.92 Å². The molecule has 0 atom stereocenters. The highest BCUT2D eigenvalue weighted by atomic mass is 32.2. The van der Waals surface area contributed by atoms with Gasteiger partial charge in [0.15, 0.2) is 34.9 Å². The molecule has 9 rings (SSSR count). The van der Waals surface area contributed by atoms with Gasteiger partial charge in [-0.2, -0.15) is 17.2 Å². The van der Waals surface area contributed by atoms with Gasteiger partial charge in [0.2, 0.25) is 27.2 Å². The van der Waals surface area contributed by atoms with E-state index in [4.69, 9.17) is 11.2 Å². The Kier molecular flexibility index (Phi) is 17.6. The molecule has 1 N–H and O–H groups in total. The number of hydrogen-bond donors (Lipinski definition) is 1. The van der Waals surface area contributed by atoms with Crippen molar-refractivity contribution >= 4 is 90.5 Å². The van der Waals surface area contributed by atoms with Gasteiger partial charge in [0.25, 0.3) is 10.1 Å². The lowest BCUT2D eigenvalue weighted by Gasteiger charge is -2.16. The highest BCUT2D eigenvalue weighted by molar-refractivity contribution is 8.01. The van der Waals surface area contributed by atoms with E-state index in [0.717, 1.165) is 54.4 Å². The van der Waals surface area contributed by atoms with Crippen LogP contribution in [0.2, 0.25) is 0 Å². The van der Waals surface area contributed by atoms with E-state index in [1.165, 1.54) is 72.1 Å². The van der Waals surface area contributed by atoms with E-state index in [9.17, 15) is 21.4 Å². The second kappa shape index (κ2) is 24.2. The molecule has 0 unspecified atom stereocenters. The molecule has 0 heterocycles. The van der Waals surface area contributed by atoms with Crippen molar-refractivity contribution < 1.29 is 61.2 Å². The Morgan fingerprint density at radius 2 is 0.823 bits per heavy atom. The van der Waals surface area contributed by atoms with Gasteiger partial charge in [0.05, 0.1) is 25.8 Å². The summed E-state index contributed by atoms with van der Waals surface area (Å²) in [6, 6.07) is 43.0. The van der Waals surface area contributed by atoms with Gasteiger partial charge in [-0.25, -0.2) is 34.8 Å². The van der Waals surface area contributed by atoms with Gasteiger partial charge in [-0.05, 0) is 164 Å². The van der Waals surface area contributed by atoms with E-state index < -0.39 is 93.2 Å². The fourth-order valence-electron chi connectivity index (χ4n) is 7.40. The summed E-state index contributed by atoms with van der Waals surface area (Å²) in [5.41, 5.74) is -3.90. The number of hydrogen-bond acceptors (Lipinski definition) is 11. The smallest absolute Gasteiger partial charge is 0.295 e. The maximum Gasteiger partial charge on any atom is 0.295 e. The van der Waals surface area contributed by atoms with Gasteiger partial charge < -0.3 is 4.74 Å². The van der Waals surface area contributed by atoms with E-state index in [1.54, 1.807) is 84.2 Å². The molecular weight excluding hydrogens is 1190 g/mol. The molecule has 0 saturated carbocycles. The van der Waals surface area contributed by atoms with Gasteiger partial charge in [0, 0.05) is 54.5 Å². The van der Waals surface area contributed by atoms with Crippen LogP contribution in [0.15, 0.2) is 232 Å². The molecule has 0 aliphatic rings. The lowest BCUT2D eigenvalue weighted by Crippen LogP contribution is -2.09. The molecular formula is C57H32F8O6S8. The summed E-state index contributed by atoms with van der Waals surface area (Å²) in [6.45, 7) is 0. The summed E-state index contributed by atoms with van der Waals surface area (Å²) in [4.78, 5) is 4.60. The van der Waals surface area contributed by atoms with Gasteiger partial charge in [0.1, 0.15) is 10.6 Å². The zero-order valence-corrected chi connectivity index (χ0v) is 46.5. The molecule has 0 aliphatic heterocycles. The van der Waals surface area contributed by atoms with Crippen LogP contribution in [-0.4, -0.2) is 27.6 Å². The molecule has 0 amide bonds. The van der Waals surface area contributed by atoms with Crippen LogP contribution in [0.1, 0.15) is 5.56 Å². The predicted molar refractivity (Wildman–Crippen MR) is 292 cm³/mol. The Morgan fingerprint density at radius 3 is 1.24 bits per heavy atom. The first-order valence-corrected chi connectivity index (χ1v) is 30.7. The number of benzene rings is 9. The first kappa shape index (κ1) is 57.4. The van der Waals surface area contributed by atoms with Crippen LogP contribution >= 0.6 is 70.6 Å². The van der Waals surface area contributed by atoms with Crippen molar-refractivity contribution in [3.63, 3.8) is 0 Å². The molecule has 6 nitrogen and oxygen atoms in total. The predicted octanol–water partition coefficient (Wildman–Crippen LogP) is 17.8. The average Bonchev–Trinajstić information content (AvgIpc) is 3.65. The number of ether oxygens (including phenoxy) is 1. The lowest BCUT2D eigenvalue weighted by atomic mass is 10.0.